The van der Waals surface area contributed by atoms with Gasteiger partial charge in [0.25, 0.3) is 0 Å². The Kier molecular flexibility index (Phi) is 6.86. The lowest BCUT2D eigenvalue weighted by Crippen LogP contribution is -2.20. The zero-order valence-corrected chi connectivity index (χ0v) is 15.7. The van der Waals surface area contributed by atoms with Gasteiger partial charge in [0.05, 0.1) is 13.2 Å². The Balaban J connectivity index is 1.98. The Hall–Kier alpha value is -2.73. The number of hydrogen-bond acceptors (Lipinski definition) is 4. The second kappa shape index (κ2) is 9.10. The van der Waals surface area contributed by atoms with Crippen molar-refractivity contribution < 1.29 is 14.3 Å². The van der Waals surface area contributed by atoms with Crippen LogP contribution in [0, 0.1) is 0 Å². The topological polar surface area (TPSA) is 85.6 Å². The first kappa shape index (κ1) is 19.6. The molecule has 0 aromatic heterocycles. The summed E-state index contributed by atoms with van der Waals surface area (Å²) in [5, 5.41) is 6.03. The molecular formula is C20H27N3O3. The maximum absolute atomic E-state index is 10.9. The summed E-state index contributed by atoms with van der Waals surface area (Å²) in [5.41, 5.74) is 8.02. The van der Waals surface area contributed by atoms with Gasteiger partial charge in [-0.15, -0.1) is 0 Å². The molecule has 1 unspecified atom stereocenters. The molecule has 0 saturated carbocycles. The van der Waals surface area contributed by atoms with Gasteiger partial charge in [-0.25, -0.2) is 4.79 Å². The van der Waals surface area contributed by atoms with E-state index in [4.69, 9.17) is 15.2 Å². The van der Waals surface area contributed by atoms with Crippen molar-refractivity contribution in [1.82, 2.24) is 5.32 Å². The molecule has 0 radical (unpaired) electrons. The summed E-state index contributed by atoms with van der Waals surface area (Å²) in [6, 6.07) is 13.1. The Morgan fingerprint density at radius 1 is 1.08 bits per heavy atom. The minimum atomic E-state index is -0.567. The van der Waals surface area contributed by atoms with Crippen LogP contribution in [0.25, 0.3) is 0 Å². The highest BCUT2D eigenvalue weighted by atomic mass is 16.5. The highest BCUT2D eigenvalue weighted by Gasteiger charge is 2.09. The smallest absolute Gasteiger partial charge is 0.316 e. The maximum atomic E-state index is 10.9. The molecule has 6 heteroatoms. The Bertz CT molecular complexity index is 730. The zero-order chi connectivity index (χ0) is 19.1. The molecule has 0 aliphatic carbocycles. The molecule has 0 aliphatic rings. The minimum absolute atomic E-state index is 0.0972. The number of primary amides is 1. The summed E-state index contributed by atoms with van der Waals surface area (Å²) in [4.78, 5) is 10.9. The van der Waals surface area contributed by atoms with Gasteiger partial charge in [0.2, 0.25) is 0 Å². The molecule has 0 fully saturated rings. The summed E-state index contributed by atoms with van der Waals surface area (Å²) in [5.74, 6) is 1.48. The monoisotopic (exact) mass is 357 g/mol. The maximum Gasteiger partial charge on any atom is 0.316 e. The van der Waals surface area contributed by atoms with Crippen molar-refractivity contribution in [3.05, 3.63) is 53.6 Å². The third kappa shape index (κ3) is 5.67. The lowest BCUT2D eigenvalue weighted by atomic mass is 10.1. The molecule has 140 valence electrons. The van der Waals surface area contributed by atoms with Crippen molar-refractivity contribution in [1.29, 1.82) is 0 Å². The van der Waals surface area contributed by atoms with Crippen LogP contribution in [0.1, 0.15) is 37.9 Å². The van der Waals surface area contributed by atoms with Gasteiger partial charge >= 0.3 is 6.03 Å². The first-order valence-corrected chi connectivity index (χ1v) is 8.62. The molecule has 6 nitrogen and oxygen atoms in total. The number of ether oxygens (including phenoxy) is 2. The molecule has 26 heavy (non-hydrogen) atoms. The van der Waals surface area contributed by atoms with Gasteiger partial charge in [0.1, 0.15) is 0 Å². The molecule has 2 aromatic rings. The van der Waals surface area contributed by atoms with Crippen LogP contribution in [0.15, 0.2) is 42.5 Å². The second-order valence-electron chi connectivity index (χ2n) is 6.37. The van der Waals surface area contributed by atoms with E-state index in [1.807, 2.05) is 56.3 Å². The number of rotatable bonds is 8. The standard InChI is InChI=1S/C20H27N3O3/c1-13(2)26-18-10-5-15(11-19(18)25-4)12-22-14(3)16-6-8-17(9-7-16)23-20(21)24/h5-11,13-14,22H,12H2,1-4H3,(H3,21,23,24). The molecule has 4 N–H and O–H groups in total. The molecule has 0 saturated heterocycles. The number of carbonyl (C=O) groups excluding carboxylic acids is 1. The van der Waals surface area contributed by atoms with E-state index in [2.05, 4.69) is 17.6 Å². The number of anilines is 1. The Labute approximate surface area is 154 Å². The molecule has 1 atom stereocenters. The van der Waals surface area contributed by atoms with Gasteiger partial charge < -0.3 is 25.8 Å². The van der Waals surface area contributed by atoms with Crippen LogP contribution in [-0.2, 0) is 6.54 Å². The molecule has 0 spiro atoms. The van der Waals surface area contributed by atoms with E-state index in [-0.39, 0.29) is 12.1 Å². The summed E-state index contributed by atoms with van der Waals surface area (Å²) in [6.45, 7) is 6.76. The Morgan fingerprint density at radius 3 is 2.35 bits per heavy atom. The minimum Gasteiger partial charge on any atom is -0.493 e. The second-order valence-corrected chi connectivity index (χ2v) is 6.37. The van der Waals surface area contributed by atoms with Gasteiger partial charge in [0.15, 0.2) is 11.5 Å². The van der Waals surface area contributed by atoms with Crippen molar-refractivity contribution in [2.75, 3.05) is 12.4 Å². The fraction of sp³-hybridized carbons (Fsp3) is 0.350. The predicted octanol–water partition coefficient (Wildman–Crippen LogP) is 3.82. The van der Waals surface area contributed by atoms with Crippen LogP contribution in [0.2, 0.25) is 0 Å². The average molecular weight is 357 g/mol. The number of nitrogens with two attached hydrogens (primary N) is 1. The lowest BCUT2D eigenvalue weighted by Gasteiger charge is -2.17. The molecule has 0 aliphatic heterocycles. The van der Waals surface area contributed by atoms with E-state index in [1.54, 1.807) is 7.11 Å². The normalized spacial score (nSPS) is 11.9. The van der Waals surface area contributed by atoms with E-state index in [9.17, 15) is 4.79 Å². The molecule has 2 aromatic carbocycles. The summed E-state index contributed by atoms with van der Waals surface area (Å²) in [7, 11) is 1.64. The van der Waals surface area contributed by atoms with E-state index in [0.717, 1.165) is 22.6 Å². The Morgan fingerprint density at radius 2 is 1.77 bits per heavy atom. The number of nitrogens with one attached hydrogen (secondary N) is 2. The van der Waals surface area contributed by atoms with E-state index in [1.165, 1.54) is 0 Å². The van der Waals surface area contributed by atoms with E-state index in [0.29, 0.717) is 12.2 Å². The van der Waals surface area contributed by atoms with Crippen molar-refractivity contribution >= 4 is 11.7 Å². The molecular weight excluding hydrogens is 330 g/mol. The number of benzene rings is 2. The van der Waals surface area contributed by atoms with Crippen LogP contribution in [0.3, 0.4) is 0 Å². The summed E-state index contributed by atoms with van der Waals surface area (Å²) >= 11 is 0. The van der Waals surface area contributed by atoms with Crippen molar-refractivity contribution in [3.8, 4) is 11.5 Å². The SMILES string of the molecule is COc1cc(CNC(C)c2ccc(NC(N)=O)cc2)ccc1OC(C)C. The van der Waals surface area contributed by atoms with Gasteiger partial charge in [-0.3, -0.25) is 0 Å². The van der Waals surface area contributed by atoms with Gasteiger partial charge in [-0.05, 0) is 56.2 Å². The summed E-state index contributed by atoms with van der Waals surface area (Å²) in [6.07, 6.45) is 0.0972. The van der Waals surface area contributed by atoms with Crippen LogP contribution in [0.4, 0.5) is 10.5 Å². The van der Waals surface area contributed by atoms with E-state index >= 15 is 0 Å². The zero-order valence-electron chi connectivity index (χ0n) is 15.7. The third-order valence-electron chi connectivity index (χ3n) is 3.88. The lowest BCUT2D eigenvalue weighted by molar-refractivity contribution is 0.230. The fourth-order valence-corrected chi connectivity index (χ4v) is 2.56. The highest BCUT2D eigenvalue weighted by Crippen LogP contribution is 2.29. The van der Waals surface area contributed by atoms with E-state index < -0.39 is 6.03 Å². The number of hydrogen-bond donors (Lipinski definition) is 3. The van der Waals surface area contributed by atoms with Crippen molar-refractivity contribution in [2.24, 2.45) is 5.73 Å². The van der Waals surface area contributed by atoms with Gasteiger partial charge in [0, 0.05) is 18.3 Å². The number of methoxy groups -OCH3 is 1. The van der Waals surface area contributed by atoms with Crippen LogP contribution in [-0.4, -0.2) is 19.2 Å². The number of urea groups is 1. The quantitative estimate of drug-likeness (QED) is 0.670. The number of carbonyl (C=O) groups is 1. The average Bonchev–Trinajstić information content (AvgIpc) is 2.60. The van der Waals surface area contributed by atoms with Crippen LogP contribution >= 0.6 is 0 Å². The fourth-order valence-electron chi connectivity index (χ4n) is 2.56. The molecule has 0 heterocycles. The van der Waals surface area contributed by atoms with Crippen molar-refractivity contribution in [2.45, 2.75) is 39.5 Å². The largest absolute Gasteiger partial charge is 0.493 e. The highest BCUT2D eigenvalue weighted by molar-refractivity contribution is 5.87. The van der Waals surface area contributed by atoms with Gasteiger partial charge in [-0.2, -0.15) is 0 Å². The van der Waals surface area contributed by atoms with Crippen LogP contribution < -0.4 is 25.8 Å². The predicted molar refractivity (Wildman–Crippen MR) is 104 cm³/mol. The third-order valence-corrected chi connectivity index (χ3v) is 3.88. The van der Waals surface area contributed by atoms with Crippen LogP contribution in [0.5, 0.6) is 11.5 Å². The first-order valence-electron chi connectivity index (χ1n) is 8.62. The first-order chi connectivity index (χ1) is 12.4. The summed E-state index contributed by atoms with van der Waals surface area (Å²) < 4.78 is 11.2. The molecule has 2 amide bonds. The van der Waals surface area contributed by atoms with Crippen molar-refractivity contribution in [3.63, 3.8) is 0 Å². The number of amides is 2. The van der Waals surface area contributed by atoms with Gasteiger partial charge in [-0.1, -0.05) is 18.2 Å². The molecule has 2 rings (SSSR count). The molecule has 0 bridgehead atoms.